The summed E-state index contributed by atoms with van der Waals surface area (Å²) in [5.41, 5.74) is 6.28. The topological polar surface area (TPSA) is 88.2 Å². The maximum atomic E-state index is 10.8. The van der Waals surface area contributed by atoms with Crippen molar-refractivity contribution in [3.63, 3.8) is 0 Å². The molecule has 1 saturated carbocycles. The first-order valence-electron chi connectivity index (χ1n) is 6.89. The fourth-order valence-corrected chi connectivity index (χ4v) is 2.64. The quantitative estimate of drug-likeness (QED) is 0.687. The lowest BCUT2D eigenvalue weighted by Gasteiger charge is -2.11. The molecule has 4 N–H and O–H groups in total. The number of anilines is 2. The van der Waals surface area contributed by atoms with Crippen molar-refractivity contribution in [1.82, 2.24) is 4.98 Å². The predicted octanol–water partition coefficient (Wildman–Crippen LogP) is 2.74. The Morgan fingerprint density at radius 2 is 2.21 bits per heavy atom. The zero-order valence-electron chi connectivity index (χ0n) is 11.1. The molecule has 1 fully saturated rings. The maximum absolute atomic E-state index is 10.8. The molecule has 0 aromatic carbocycles. The van der Waals surface area contributed by atoms with E-state index in [4.69, 9.17) is 10.8 Å². The smallest absolute Gasteiger partial charge is 0.337 e. The molecule has 1 aliphatic rings. The fraction of sp³-hybridized carbons (Fsp3) is 0.571. The Labute approximate surface area is 113 Å². The highest BCUT2D eigenvalue weighted by Crippen LogP contribution is 2.28. The van der Waals surface area contributed by atoms with Gasteiger partial charge in [0.25, 0.3) is 0 Å². The van der Waals surface area contributed by atoms with Crippen LogP contribution in [0, 0.1) is 5.92 Å². The molecule has 0 amide bonds. The summed E-state index contributed by atoms with van der Waals surface area (Å²) in [4.78, 5) is 14.8. The summed E-state index contributed by atoms with van der Waals surface area (Å²) < 4.78 is 0. The fourth-order valence-electron chi connectivity index (χ4n) is 2.64. The largest absolute Gasteiger partial charge is 0.478 e. The van der Waals surface area contributed by atoms with E-state index >= 15 is 0 Å². The first-order valence-corrected chi connectivity index (χ1v) is 6.89. The van der Waals surface area contributed by atoms with Crippen LogP contribution in [-0.4, -0.2) is 22.6 Å². The normalized spacial score (nSPS) is 15.6. The van der Waals surface area contributed by atoms with Gasteiger partial charge in [-0.1, -0.05) is 25.7 Å². The molecule has 2 rings (SSSR count). The van der Waals surface area contributed by atoms with Crippen LogP contribution in [0.15, 0.2) is 12.3 Å². The summed E-state index contributed by atoms with van der Waals surface area (Å²) in [6, 6.07) is 1.44. The molecule has 0 atom stereocenters. The molecular weight excluding hydrogens is 242 g/mol. The molecule has 5 nitrogen and oxygen atoms in total. The number of carbonyl (C=O) groups is 1. The van der Waals surface area contributed by atoms with E-state index in [0.717, 1.165) is 18.9 Å². The molecule has 1 aliphatic carbocycles. The number of nitrogens with zero attached hydrogens (tertiary/aromatic N) is 1. The molecule has 104 valence electrons. The Bertz CT molecular complexity index is 442. The molecule has 1 aromatic rings. The van der Waals surface area contributed by atoms with E-state index in [-0.39, 0.29) is 5.56 Å². The van der Waals surface area contributed by atoms with Crippen molar-refractivity contribution in [2.45, 2.75) is 38.5 Å². The molecule has 19 heavy (non-hydrogen) atoms. The molecule has 1 aromatic heterocycles. The van der Waals surface area contributed by atoms with Gasteiger partial charge in [-0.25, -0.2) is 9.78 Å². The van der Waals surface area contributed by atoms with Crippen molar-refractivity contribution < 1.29 is 9.90 Å². The second kappa shape index (κ2) is 6.41. The van der Waals surface area contributed by atoms with Gasteiger partial charge in [0.1, 0.15) is 5.82 Å². The molecule has 0 bridgehead atoms. The number of rotatable bonds is 6. The maximum Gasteiger partial charge on any atom is 0.337 e. The van der Waals surface area contributed by atoms with Gasteiger partial charge in [0.15, 0.2) is 0 Å². The van der Waals surface area contributed by atoms with Crippen LogP contribution in [0.1, 0.15) is 48.9 Å². The van der Waals surface area contributed by atoms with Gasteiger partial charge in [-0.3, -0.25) is 0 Å². The van der Waals surface area contributed by atoms with Crippen LogP contribution in [0.2, 0.25) is 0 Å². The van der Waals surface area contributed by atoms with Gasteiger partial charge in [-0.05, 0) is 24.8 Å². The second-order valence-corrected chi connectivity index (χ2v) is 5.19. The minimum Gasteiger partial charge on any atom is -0.478 e. The molecule has 0 saturated heterocycles. The van der Waals surface area contributed by atoms with Crippen LogP contribution >= 0.6 is 0 Å². The van der Waals surface area contributed by atoms with Crippen molar-refractivity contribution in [1.29, 1.82) is 0 Å². The van der Waals surface area contributed by atoms with E-state index in [1.54, 1.807) is 0 Å². The number of aromatic nitrogens is 1. The summed E-state index contributed by atoms with van der Waals surface area (Å²) in [7, 11) is 0. The number of aromatic carboxylic acids is 1. The highest BCUT2D eigenvalue weighted by atomic mass is 16.4. The number of hydrogen-bond donors (Lipinski definition) is 3. The Morgan fingerprint density at radius 1 is 1.47 bits per heavy atom. The van der Waals surface area contributed by atoms with Crippen molar-refractivity contribution in [2.75, 3.05) is 17.6 Å². The van der Waals surface area contributed by atoms with E-state index in [1.807, 2.05) is 0 Å². The van der Waals surface area contributed by atoms with Crippen molar-refractivity contribution >= 4 is 17.5 Å². The zero-order valence-corrected chi connectivity index (χ0v) is 11.1. The van der Waals surface area contributed by atoms with Crippen LogP contribution in [0.4, 0.5) is 11.5 Å². The first kappa shape index (κ1) is 13.6. The summed E-state index contributed by atoms with van der Waals surface area (Å²) in [6.07, 6.45) is 9.18. The van der Waals surface area contributed by atoms with E-state index in [1.165, 1.54) is 44.4 Å². The van der Waals surface area contributed by atoms with E-state index in [2.05, 4.69) is 10.3 Å². The number of hydrogen-bond acceptors (Lipinski definition) is 4. The molecule has 0 aliphatic heterocycles. The molecule has 0 spiro atoms. The zero-order chi connectivity index (χ0) is 13.7. The first-order chi connectivity index (χ1) is 9.16. The predicted molar refractivity (Wildman–Crippen MR) is 75.3 cm³/mol. The summed E-state index contributed by atoms with van der Waals surface area (Å²) in [5.74, 6) is 0.463. The molecule has 0 unspecified atom stereocenters. The van der Waals surface area contributed by atoms with Crippen LogP contribution in [0.3, 0.4) is 0 Å². The van der Waals surface area contributed by atoms with Gasteiger partial charge < -0.3 is 16.2 Å². The number of carboxylic acids is 1. The van der Waals surface area contributed by atoms with Crippen LogP contribution < -0.4 is 11.1 Å². The third kappa shape index (κ3) is 3.84. The highest BCUT2D eigenvalue weighted by Gasteiger charge is 2.14. The van der Waals surface area contributed by atoms with Crippen LogP contribution in [0.5, 0.6) is 0 Å². The third-order valence-corrected chi connectivity index (χ3v) is 3.72. The van der Waals surface area contributed by atoms with Crippen LogP contribution in [0.25, 0.3) is 0 Å². The second-order valence-electron chi connectivity index (χ2n) is 5.19. The molecular formula is C14H21N3O2. The van der Waals surface area contributed by atoms with Crippen molar-refractivity contribution in [3.8, 4) is 0 Å². The monoisotopic (exact) mass is 263 g/mol. The number of nitrogens with one attached hydrogen (secondary N) is 1. The van der Waals surface area contributed by atoms with Gasteiger partial charge in [-0.15, -0.1) is 0 Å². The van der Waals surface area contributed by atoms with Gasteiger partial charge in [0, 0.05) is 12.7 Å². The lowest BCUT2D eigenvalue weighted by Crippen LogP contribution is -2.09. The van der Waals surface area contributed by atoms with Crippen LogP contribution in [-0.2, 0) is 0 Å². The van der Waals surface area contributed by atoms with Crippen molar-refractivity contribution in [3.05, 3.63) is 17.8 Å². The Hall–Kier alpha value is -1.78. The lowest BCUT2D eigenvalue weighted by molar-refractivity contribution is 0.0696. The van der Waals surface area contributed by atoms with Gasteiger partial charge in [0.2, 0.25) is 0 Å². The number of nitrogens with two attached hydrogens (primary N) is 1. The summed E-state index contributed by atoms with van der Waals surface area (Å²) in [6.45, 7) is 0.833. The SMILES string of the molecule is Nc1cc(C(=O)O)cnc1NCCCC1CCCC1. The van der Waals surface area contributed by atoms with Crippen molar-refractivity contribution in [2.24, 2.45) is 5.92 Å². The number of carboxylic acid groups (broad SMARTS) is 1. The Balaban J connectivity index is 1.77. The standard InChI is InChI=1S/C14H21N3O2/c15-12-8-11(14(18)19)9-17-13(12)16-7-3-6-10-4-1-2-5-10/h8-10H,1-7,15H2,(H,16,17)(H,18,19). The summed E-state index contributed by atoms with van der Waals surface area (Å²) >= 11 is 0. The average Bonchev–Trinajstić information content (AvgIpc) is 2.89. The number of pyridine rings is 1. The minimum absolute atomic E-state index is 0.119. The van der Waals surface area contributed by atoms with Gasteiger partial charge in [0.05, 0.1) is 11.3 Å². The molecule has 0 radical (unpaired) electrons. The van der Waals surface area contributed by atoms with E-state index in [0.29, 0.717) is 11.5 Å². The highest BCUT2D eigenvalue weighted by molar-refractivity contribution is 5.89. The Kier molecular flexibility index (Phi) is 4.60. The minimum atomic E-state index is -1.01. The molecule has 5 heteroatoms. The van der Waals surface area contributed by atoms with Gasteiger partial charge in [-0.2, -0.15) is 0 Å². The molecule has 1 heterocycles. The third-order valence-electron chi connectivity index (χ3n) is 3.72. The van der Waals surface area contributed by atoms with Gasteiger partial charge >= 0.3 is 5.97 Å². The summed E-state index contributed by atoms with van der Waals surface area (Å²) in [5, 5.41) is 12.0. The number of nitrogen functional groups attached to an aromatic ring is 1. The lowest BCUT2D eigenvalue weighted by atomic mass is 10.0. The average molecular weight is 263 g/mol. The Morgan fingerprint density at radius 3 is 2.84 bits per heavy atom. The van der Waals surface area contributed by atoms with E-state index < -0.39 is 5.97 Å². The van der Waals surface area contributed by atoms with E-state index in [9.17, 15) is 4.79 Å².